The van der Waals surface area contributed by atoms with E-state index in [9.17, 15) is 0 Å². The van der Waals surface area contributed by atoms with E-state index in [2.05, 4.69) is 52.5 Å². The highest BCUT2D eigenvalue weighted by molar-refractivity contribution is 9.10. The smallest absolute Gasteiger partial charge is 0.0510 e. The van der Waals surface area contributed by atoms with Gasteiger partial charge in [0.25, 0.3) is 0 Å². The second-order valence-electron chi connectivity index (χ2n) is 3.91. The molecule has 1 aromatic carbocycles. The first-order valence-electron chi connectivity index (χ1n) is 4.91. The van der Waals surface area contributed by atoms with Crippen LogP contribution in [-0.4, -0.2) is 19.1 Å². The molecule has 1 heterocycles. The molecule has 0 atom stereocenters. The largest absolute Gasteiger partial charge is 0.379 e. The van der Waals surface area contributed by atoms with E-state index in [1.165, 1.54) is 16.8 Å². The molecular weight excluding hydrogens is 240 g/mol. The third kappa shape index (κ3) is 1.93. The predicted octanol–water partition coefficient (Wildman–Crippen LogP) is 2.45. The van der Waals surface area contributed by atoms with Crippen LogP contribution < -0.4 is 10.6 Å². The highest BCUT2D eigenvalue weighted by Crippen LogP contribution is 2.25. The van der Waals surface area contributed by atoms with Crippen LogP contribution in [-0.2, 0) is 0 Å². The molecule has 0 aliphatic carbocycles. The molecular formula is C11H15BrN2. The Balaban J connectivity index is 2.22. The summed E-state index contributed by atoms with van der Waals surface area (Å²) in [4.78, 5) is 0. The zero-order valence-corrected chi connectivity index (χ0v) is 10.1. The maximum Gasteiger partial charge on any atom is 0.0510 e. The van der Waals surface area contributed by atoms with Crippen molar-refractivity contribution in [3.63, 3.8) is 0 Å². The number of hydrogen-bond donors (Lipinski definition) is 2. The van der Waals surface area contributed by atoms with Gasteiger partial charge >= 0.3 is 0 Å². The first-order valence-corrected chi connectivity index (χ1v) is 5.70. The number of rotatable bonds is 2. The molecule has 1 aliphatic rings. The number of anilines is 1. The van der Waals surface area contributed by atoms with Crippen LogP contribution in [0.2, 0.25) is 0 Å². The highest BCUT2D eigenvalue weighted by atomic mass is 79.9. The number of nitrogens with one attached hydrogen (secondary N) is 2. The molecule has 0 amide bonds. The Morgan fingerprint density at radius 2 is 1.86 bits per heavy atom. The summed E-state index contributed by atoms with van der Waals surface area (Å²) < 4.78 is 1.16. The Kier molecular flexibility index (Phi) is 2.79. The molecule has 0 aromatic heterocycles. The van der Waals surface area contributed by atoms with E-state index in [4.69, 9.17) is 0 Å². The van der Waals surface area contributed by atoms with Crippen molar-refractivity contribution in [1.82, 2.24) is 5.32 Å². The molecule has 2 N–H and O–H groups in total. The van der Waals surface area contributed by atoms with Gasteiger partial charge < -0.3 is 10.6 Å². The van der Waals surface area contributed by atoms with Crippen LogP contribution >= 0.6 is 15.9 Å². The van der Waals surface area contributed by atoms with Crippen LogP contribution in [0, 0.1) is 13.8 Å². The van der Waals surface area contributed by atoms with Gasteiger partial charge in [-0.15, -0.1) is 0 Å². The molecule has 3 heteroatoms. The third-order valence-corrected chi connectivity index (χ3v) is 3.09. The summed E-state index contributed by atoms with van der Waals surface area (Å²) in [5.41, 5.74) is 3.91. The minimum Gasteiger partial charge on any atom is -0.379 e. The quantitative estimate of drug-likeness (QED) is 0.848. The lowest BCUT2D eigenvalue weighted by molar-refractivity contribution is 0.472. The molecule has 0 spiro atoms. The van der Waals surface area contributed by atoms with E-state index in [1.807, 2.05) is 0 Å². The molecule has 14 heavy (non-hydrogen) atoms. The van der Waals surface area contributed by atoms with E-state index in [-0.39, 0.29) is 0 Å². The molecule has 1 aliphatic heterocycles. The Labute approximate surface area is 93.2 Å². The van der Waals surface area contributed by atoms with E-state index < -0.39 is 0 Å². The summed E-state index contributed by atoms with van der Waals surface area (Å²) in [7, 11) is 0. The van der Waals surface area contributed by atoms with Gasteiger partial charge in [-0.3, -0.25) is 0 Å². The predicted molar refractivity (Wildman–Crippen MR) is 63.9 cm³/mol. The summed E-state index contributed by atoms with van der Waals surface area (Å²) in [6, 6.07) is 4.91. The first kappa shape index (κ1) is 9.99. The van der Waals surface area contributed by atoms with E-state index in [0.717, 1.165) is 17.6 Å². The van der Waals surface area contributed by atoms with Crippen molar-refractivity contribution in [2.45, 2.75) is 19.9 Å². The van der Waals surface area contributed by atoms with Gasteiger partial charge in [0.15, 0.2) is 0 Å². The van der Waals surface area contributed by atoms with Gasteiger partial charge in [-0.2, -0.15) is 0 Å². The standard InChI is InChI=1S/C11H15BrN2/c1-7-3-9(12)4-8(2)11(7)14-10-5-13-6-10/h3-4,10,13-14H,5-6H2,1-2H3. The summed E-state index contributed by atoms with van der Waals surface area (Å²) in [5, 5.41) is 6.82. The summed E-state index contributed by atoms with van der Waals surface area (Å²) in [6.07, 6.45) is 0. The second kappa shape index (κ2) is 3.91. The van der Waals surface area contributed by atoms with Crippen molar-refractivity contribution in [3.05, 3.63) is 27.7 Å². The molecule has 2 rings (SSSR count). The maximum absolute atomic E-state index is 3.56. The first-order chi connectivity index (χ1) is 6.66. The molecule has 0 unspecified atom stereocenters. The Hall–Kier alpha value is -0.540. The topological polar surface area (TPSA) is 24.1 Å². The number of halogens is 1. The molecule has 1 saturated heterocycles. The fourth-order valence-electron chi connectivity index (χ4n) is 1.73. The fourth-order valence-corrected chi connectivity index (χ4v) is 2.42. The van der Waals surface area contributed by atoms with E-state index >= 15 is 0 Å². The molecule has 0 saturated carbocycles. The second-order valence-corrected chi connectivity index (χ2v) is 4.83. The Bertz CT molecular complexity index is 322. The molecule has 0 radical (unpaired) electrons. The number of aryl methyl sites for hydroxylation is 2. The van der Waals surface area contributed by atoms with Crippen LogP contribution in [0.3, 0.4) is 0 Å². The van der Waals surface area contributed by atoms with Crippen LogP contribution in [0.1, 0.15) is 11.1 Å². The minimum atomic E-state index is 0.605. The lowest BCUT2D eigenvalue weighted by Crippen LogP contribution is -2.51. The molecule has 1 fully saturated rings. The van der Waals surface area contributed by atoms with Gasteiger partial charge in [0.1, 0.15) is 0 Å². The average Bonchev–Trinajstić information content (AvgIpc) is 1.98. The molecule has 2 nitrogen and oxygen atoms in total. The molecule has 76 valence electrons. The number of benzene rings is 1. The van der Waals surface area contributed by atoms with Crippen molar-refractivity contribution in [1.29, 1.82) is 0 Å². The minimum absolute atomic E-state index is 0.605. The van der Waals surface area contributed by atoms with Crippen molar-refractivity contribution >= 4 is 21.6 Å². The maximum atomic E-state index is 3.56. The van der Waals surface area contributed by atoms with E-state index in [1.54, 1.807) is 0 Å². The van der Waals surface area contributed by atoms with E-state index in [0.29, 0.717) is 6.04 Å². The lowest BCUT2D eigenvalue weighted by atomic mass is 10.1. The third-order valence-electron chi connectivity index (χ3n) is 2.63. The lowest BCUT2D eigenvalue weighted by Gasteiger charge is -2.30. The van der Waals surface area contributed by atoms with Crippen molar-refractivity contribution in [2.75, 3.05) is 18.4 Å². The fraction of sp³-hybridized carbons (Fsp3) is 0.455. The van der Waals surface area contributed by atoms with Crippen LogP contribution in [0.4, 0.5) is 5.69 Å². The summed E-state index contributed by atoms with van der Waals surface area (Å²) in [6.45, 7) is 6.45. The highest BCUT2D eigenvalue weighted by Gasteiger charge is 2.17. The Morgan fingerprint density at radius 3 is 2.29 bits per heavy atom. The van der Waals surface area contributed by atoms with Crippen LogP contribution in [0.25, 0.3) is 0 Å². The Morgan fingerprint density at radius 1 is 1.29 bits per heavy atom. The average molecular weight is 255 g/mol. The zero-order chi connectivity index (χ0) is 10.1. The van der Waals surface area contributed by atoms with Gasteiger partial charge in [-0.1, -0.05) is 15.9 Å². The van der Waals surface area contributed by atoms with Crippen LogP contribution in [0.15, 0.2) is 16.6 Å². The number of hydrogen-bond acceptors (Lipinski definition) is 2. The summed E-state index contributed by atoms with van der Waals surface area (Å²) >= 11 is 3.50. The van der Waals surface area contributed by atoms with Crippen molar-refractivity contribution in [2.24, 2.45) is 0 Å². The molecule has 0 bridgehead atoms. The van der Waals surface area contributed by atoms with Gasteiger partial charge in [0.2, 0.25) is 0 Å². The van der Waals surface area contributed by atoms with Crippen LogP contribution in [0.5, 0.6) is 0 Å². The van der Waals surface area contributed by atoms with Gasteiger partial charge in [-0.25, -0.2) is 0 Å². The van der Waals surface area contributed by atoms with Gasteiger partial charge in [0.05, 0.1) is 6.04 Å². The zero-order valence-electron chi connectivity index (χ0n) is 8.52. The van der Waals surface area contributed by atoms with Gasteiger partial charge in [0, 0.05) is 23.2 Å². The van der Waals surface area contributed by atoms with Crippen molar-refractivity contribution < 1.29 is 0 Å². The summed E-state index contributed by atoms with van der Waals surface area (Å²) in [5.74, 6) is 0. The van der Waals surface area contributed by atoms with Crippen molar-refractivity contribution in [3.8, 4) is 0 Å². The normalized spacial score (nSPS) is 16.5. The SMILES string of the molecule is Cc1cc(Br)cc(C)c1NC1CNC1. The monoisotopic (exact) mass is 254 g/mol. The molecule has 1 aromatic rings. The van der Waals surface area contributed by atoms with Gasteiger partial charge in [-0.05, 0) is 37.1 Å².